The molecule has 0 aliphatic carbocycles. The van der Waals surface area contributed by atoms with Crippen molar-refractivity contribution in [2.75, 3.05) is 10.6 Å². The largest absolute Gasteiger partial charge is 0.379 e. The average Bonchev–Trinajstić information content (AvgIpc) is 3.11. The monoisotopic (exact) mass is 361 g/mol. The Morgan fingerprint density at radius 2 is 2.07 bits per heavy atom. The molecule has 0 unspecified atom stereocenters. The van der Waals surface area contributed by atoms with E-state index in [1.807, 2.05) is 43.3 Å². The number of hydrogen-bond donors (Lipinski definition) is 2. The highest BCUT2D eigenvalue weighted by Crippen LogP contribution is 2.23. The van der Waals surface area contributed by atoms with Crippen LogP contribution in [0.2, 0.25) is 0 Å². The van der Waals surface area contributed by atoms with Crippen LogP contribution in [0.5, 0.6) is 0 Å². The van der Waals surface area contributed by atoms with E-state index in [1.165, 1.54) is 0 Å². The second-order valence-electron chi connectivity index (χ2n) is 6.78. The summed E-state index contributed by atoms with van der Waals surface area (Å²) in [6.45, 7) is 3.49. The minimum absolute atomic E-state index is 0.109. The van der Waals surface area contributed by atoms with Gasteiger partial charge in [0.2, 0.25) is 0 Å². The zero-order valence-electron chi connectivity index (χ0n) is 15.4. The molecule has 138 valence electrons. The van der Waals surface area contributed by atoms with Crippen molar-refractivity contribution in [3.63, 3.8) is 0 Å². The number of carbonyl (C=O) groups excluding carboxylic acids is 1. The smallest absolute Gasteiger partial charge is 0.257 e. The predicted molar refractivity (Wildman–Crippen MR) is 106 cm³/mol. The van der Waals surface area contributed by atoms with Crippen LogP contribution in [0, 0.1) is 6.92 Å². The maximum absolute atomic E-state index is 12.9. The SMILES string of the molecule is Cc1c(NCc2ccccn2)cccc1C(=O)Nc1cnc2n1CCCC2. The molecule has 6 heteroatoms. The number of imidazole rings is 1. The first-order chi connectivity index (χ1) is 13.2. The lowest BCUT2D eigenvalue weighted by molar-refractivity contribution is 0.102. The third kappa shape index (κ3) is 3.69. The number of benzene rings is 1. The molecule has 0 fully saturated rings. The molecule has 2 N–H and O–H groups in total. The molecule has 0 saturated heterocycles. The lowest BCUT2D eigenvalue weighted by Gasteiger charge is -2.17. The zero-order valence-corrected chi connectivity index (χ0v) is 15.4. The Labute approximate surface area is 158 Å². The van der Waals surface area contributed by atoms with Gasteiger partial charge < -0.3 is 15.2 Å². The molecule has 27 heavy (non-hydrogen) atoms. The number of nitrogens with one attached hydrogen (secondary N) is 2. The minimum atomic E-state index is -0.109. The third-order valence-corrected chi connectivity index (χ3v) is 4.98. The zero-order chi connectivity index (χ0) is 18.6. The average molecular weight is 361 g/mol. The number of fused-ring (bicyclic) bond motifs is 1. The summed E-state index contributed by atoms with van der Waals surface area (Å²) in [6.07, 6.45) is 6.80. The van der Waals surface area contributed by atoms with Gasteiger partial charge in [-0.3, -0.25) is 9.78 Å². The van der Waals surface area contributed by atoms with Gasteiger partial charge in [0.1, 0.15) is 11.6 Å². The van der Waals surface area contributed by atoms with Crippen LogP contribution in [-0.2, 0) is 19.5 Å². The maximum Gasteiger partial charge on any atom is 0.257 e. The van der Waals surface area contributed by atoms with E-state index in [1.54, 1.807) is 12.4 Å². The number of amides is 1. The Balaban J connectivity index is 1.50. The van der Waals surface area contributed by atoms with Crippen LogP contribution in [0.4, 0.5) is 11.5 Å². The summed E-state index contributed by atoms with van der Waals surface area (Å²) < 4.78 is 2.11. The van der Waals surface area contributed by atoms with E-state index in [4.69, 9.17) is 0 Å². The lowest BCUT2D eigenvalue weighted by atomic mass is 10.1. The minimum Gasteiger partial charge on any atom is -0.379 e. The topological polar surface area (TPSA) is 71.8 Å². The van der Waals surface area contributed by atoms with Gasteiger partial charge in [0.25, 0.3) is 5.91 Å². The summed E-state index contributed by atoms with van der Waals surface area (Å²) in [6, 6.07) is 11.6. The van der Waals surface area contributed by atoms with Crippen molar-refractivity contribution >= 4 is 17.4 Å². The Morgan fingerprint density at radius 3 is 2.93 bits per heavy atom. The predicted octanol–water partition coefficient (Wildman–Crippen LogP) is 3.79. The van der Waals surface area contributed by atoms with Crippen molar-refractivity contribution < 1.29 is 4.79 Å². The van der Waals surface area contributed by atoms with Crippen molar-refractivity contribution in [2.45, 2.75) is 39.3 Å². The van der Waals surface area contributed by atoms with Crippen molar-refractivity contribution in [2.24, 2.45) is 0 Å². The molecule has 2 aromatic heterocycles. The van der Waals surface area contributed by atoms with Crippen LogP contribution < -0.4 is 10.6 Å². The van der Waals surface area contributed by atoms with Gasteiger partial charge in [-0.25, -0.2) is 4.98 Å². The first-order valence-electron chi connectivity index (χ1n) is 9.31. The highest BCUT2D eigenvalue weighted by Gasteiger charge is 2.18. The molecule has 1 amide bonds. The molecule has 0 radical (unpaired) electrons. The molecule has 4 rings (SSSR count). The van der Waals surface area contributed by atoms with Gasteiger partial charge in [-0.05, 0) is 49.6 Å². The van der Waals surface area contributed by atoms with E-state index in [0.29, 0.717) is 12.1 Å². The van der Waals surface area contributed by atoms with Gasteiger partial charge in [-0.15, -0.1) is 0 Å². The Kier molecular flexibility index (Phi) is 4.87. The quantitative estimate of drug-likeness (QED) is 0.725. The van der Waals surface area contributed by atoms with Gasteiger partial charge in [-0.2, -0.15) is 0 Å². The van der Waals surface area contributed by atoms with E-state index in [0.717, 1.165) is 54.4 Å². The summed E-state index contributed by atoms with van der Waals surface area (Å²) >= 11 is 0. The molecule has 0 bridgehead atoms. The first kappa shape index (κ1) is 17.3. The Morgan fingerprint density at radius 1 is 1.15 bits per heavy atom. The van der Waals surface area contributed by atoms with Gasteiger partial charge in [0.05, 0.1) is 18.4 Å². The van der Waals surface area contributed by atoms with Gasteiger partial charge in [0.15, 0.2) is 0 Å². The van der Waals surface area contributed by atoms with Gasteiger partial charge in [-0.1, -0.05) is 12.1 Å². The standard InChI is InChI=1S/C21H23N5O/c1-15-17(8-6-9-18(15)23-13-16-7-2-4-11-22-16)21(27)25-20-14-24-19-10-3-5-12-26(19)20/h2,4,6-9,11,14,23H,3,5,10,12-13H2,1H3,(H,25,27). The number of nitrogens with zero attached hydrogens (tertiary/aromatic N) is 3. The number of anilines is 2. The number of hydrogen-bond acceptors (Lipinski definition) is 4. The van der Waals surface area contributed by atoms with E-state index in [2.05, 4.69) is 25.2 Å². The molecule has 3 aromatic rings. The van der Waals surface area contributed by atoms with Crippen LogP contribution in [0.3, 0.4) is 0 Å². The second kappa shape index (κ2) is 7.61. The van der Waals surface area contributed by atoms with Crippen molar-refractivity contribution in [3.8, 4) is 0 Å². The lowest BCUT2D eigenvalue weighted by Crippen LogP contribution is -2.19. The van der Waals surface area contributed by atoms with Gasteiger partial charge in [0, 0.05) is 30.4 Å². The van der Waals surface area contributed by atoms with Crippen molar-refractivity contribution in [3.05, 3.63) is 71.4 Å². The fourth-order valence-corrected chi connectivity index (χ4v) is 3.46. The molecular weight excluding hydrogens is 338 g/mol. The van der Waals surface area contributed by atoms with Crippen LogP contribution in [-0.4, -0.2) is 20.4 Å². The van der Waals surface area contributed by atoms with E-state index >= 15 is 0 Å². The Bertz CT molecular complexity index is 948. The van der Waals surface area contributed by atoms with E-state index < -0.39 is 0 Å². The first-order valence-corrected chi connectivity index (χ1v) is 9.31. The molecule has 0 saturated carbocycles. The molecule has 0 spiro atoms. The number of rotatable bonds is 5. The van der Waals surface area contributed by atoms with Crippen LogP contribution in [0.1, 0.15) is 40.3 Å². The van der Waals surface area contributed by atoms with Gasteiger partial charge >= 0.3 is 0 Å². The van der Waals surface area contributed by atoms with Crippen LogP contribution >= 0.6 is 0 Å². The molecule has 0 atom stereocenters. The molecular formula is C21H23N5O. The summed E-state index contributed by atoms with van der Waals surface area (Å²) in [5.74, 6) is 1.72. The third-order valence-electron chi connectivity index (χ3n) is 4.98. The highest BCUT2D eigenvalue weighted by molar-refractivity contribution is 6.05. The Hall–Kier alpha value is -3.15. The second-order valence-corrected chi connectivity index (χ2v) is 6.78. The molecule has 1 aliphatic rings. The molecule has 6 nitrogen and oxygen atoms in total. The number of aromatic nitrogens is 3. The molecule has 3 heterocycles. The summed E-state index contributed by atoms with van der Waals surface area (Å²) in [4.78, 5) is 21.6. The van der Waals surface area contributed by atoms with Crippen LogP contribution in [0.25, 0.3) is 0 Å². The number of pyridine rings is 1. The molecule has 1 aromatic carbocycles. The molecule has 1 aliphatic heterocycles. The number of aryl methyl sites for hydroxylation is 1. The normalized spacial score (nSPS) is 13.1. The summed E-state index contributed by atoms with van der Waals surface area (Å²) in [7, 11) is 0. The van der Waals surface area contributed by atoms with Crippen molar-refractivity contribution in [1.82, 2.24) is 14.5 Å². The van der Waals surface area contributed by atoms with Crippen molar-refractivity contribution in [1.29, 1.82) is 0 Å². The summed E-state index contributed by atoms with van der Waals surface area (Å²) in [5, 5.41) is 6.40. The highest BCUT2D eigenvalue weighted by atomic mass is 16.1. The maximum atomic E-state index is 12.9. The van der Waals surface area contributed by atoms with E-state index in [-0.39, 0.29) is 5.91 Å². The fraction of sp³-hybridized carbons (Fsp3) is 0.286. The summed E-state index contributed by atoms with van der Waals surface area (Å²) in [5.41, 5.74) is 3.47. The van der Waals surface area contributed by atoms with Crippen LogP contribution in [0.15, 0.2) is 48.8 Å². The fourth-order valence-electron chi connectivity index (χ4n) is 3.46. The number of carbonyl (C=O) groups is 1. The van der Waals surface area contributed by atoms with E-state index in [9.17, 15) is 4.79 Å².